The number of amides is 1. The highest BCUT2D eigenvalue weighted by Gasteiger charge is 2.32. The molecule has 1 aromatic carbocycles. The van der Waals surface area contributed by atoms with Gasteiger partial charge in [-0.25, -0.2) is 9.97 Å². The lowest BCUT2D eigenvalue weighted by Crippen LogP contribution is -2.39. The first kappa shape index (κ1) is 23.3. The van der Waals surface area contributed by atoms with E-state index in [4.69, 9.17) is 5.73 Å². The van der Waals surface area contributed by atoms with Crippen molar-refractivity contribution in [1.29, 1.82) is 0 Å². The number of carbonyl (C=O) groups is 1. The molecular formula is C24H23F3N6OS. The van der Waals surface area contributed by atoms with Crippen LogP contribution in [0.1, 0.15) is 34.0 Å². The van der Waals surface area contributed by atoms with Gasteiger partial charge in [0.25, 0.3) is 5.91 Å². The van der Waals surface area contributed by atoms with Gasteiger partial charge in [0.15, 0.2) is 11.5 Å². The highest BCUT2D eigenvalue weighted by Crippen LogP contribution is 2.32. The average molecular weight is 501 g/mol. The lowest BCUT2D eigenvalue weighted by Gasteiger charge is -2.32. The van der Waals surface area contributed by atoms with Crippen molar-refractivity contribution < 1.29 is 18.0 Å². The number of halogens is 3. The maximum Gasteiger partial charge on any atom is 0.401 e. The van der Waals surface area contributed by atoms with Gasteiger partial charge in [0.2, 0.25) is 0 Å². The Bertz CT molecular complexity index is 1340. The minimum Gasteiger partial charge on any atom is -0.365 e. The molecule has 1 aliphatic heterocycles. The molecule has 182 valence electrons. The number of likely N-dealkylation sites (tertiary alicyclic amines) is 1. The number of fused-ring (bicyclic) bond motifs is 1. The smallest absolute Gasteiger partial charge is 0.365 e. The fourth-order valence-electron chi connectivity index (χ4n) is 4.47. The van der Waals surface area contributed by atoms with Crippen LogP contribution >= 0.6 is 11.3 Å². The minimum absolute atomic E-state index is 0.251. The number of piperidine rings is 1. The third kappa shape index (κ3) is 5.15. The van der Waals surface area contributed by atoms with E-state index in [-0.39, 0.29) is 5.92 Å². The van der Waals surface area contributed by atoms with Gasteiger partial charge in [-0.1, -0.05) is 12.1 Å². The van der Waals surface area contributed by atoms with Crippen LogP contribution in [0, 0.1) is 0 Å². The number of nitrogens with zero attached hydrogens (tertiary/aromatic N) is 4. The van der Waals surface area contributed by atoms with Crippen molar-refractivity contribution in [3.63, 3.8) is 0 Å². The Labute approximate surface area is 203 Å². The third-order valence-corrected chi connectivity index (χ3v) is 7.15. The van der Waals surface area contributed by atoms with Crippen LogP contribution in [0.4, 0.5) is 24.7 Å². The number of nitrogens with two attached hydrogens (primary N) is 1. The number of hydrogen-bond donors (Lipinski definition) is 2. The largest absolute Gasteiger partial charge is 0.401 e. The van der Waals surface area contributed by atoms with Gasteiger partial charge in [-0.2, -0.15) is 13.2 Å². The molecule has 3 N–H and O–H groups in total. The lowest BCUT2D eigenvalue weighted by molar-refractivity contribution is -0.147. The molecule has 0 bridgehead atoms. The van der Waals surface area contributed by atoms with E-state index >= 15 is 0 Å². The second kappa shape index (κ2) is 9.31. The number of imidazole rings is 1. The SMILES string of the molecule is NC(=O)c1cc(-c2cnc(Nc3ccc(C4CCN(CC(F)(F)F)CC4)cc3)c3nccn23)cs1. The molecule has 1 fully saturated rings. The van der Waals surface area contributed by atoms with Crippen LogP contribution in [0.2, 0.25) is 0 Å². The molecule has 0 radical (unpaired) electrons. The highest BCUT2D eigenvalue weighted by molar-refractivity contribution is 7.12. The van der Waals surface area contributed by atoms with Crippen LogP contribution < -0.4 is 11.1 Å². The van der Waals surface area contributed by atoms with Crippen molar-refractivity contribution in [3.8, 4) is 11.3 Å². The third-order valence-electron chi connectivity index (χ3n) is 6.20. The molecule has 0 atom stereocenters. The van der Waals surface area contributed by atoms with Crippen LogP contribution in [-0.4, -0.2) is 51.0 Å². The molecule has 0 aliphatic carbocycles. The van der Waals surface area contributed by atoms with Crippen LogP contribution in [0.3, 0.4) is 0 Å². The van der Waals surface area contributed by atoms with Crippen LogP contribution in [0.25, 0.3) is 16.9 Å². The first-order valence-corrected chi connectivity index (χ1v) is 12.0. The standard InChI is InChI=1S/C24H23F3N6OS/c25-24(26,27)14-32-8-5-16(6-9-32)15-1-3-18(4-2-15)31-22-23-29-7-10-33(23)19(12-30-22)17-11-20(21(28)34)35-13-17/h1-4,7,10-13,16H,5-6,8-9,14H2,(H2,28,34)(H,30,31). The van der Waals surface area contributed by atoms with Crippen molar-refractivity contribution in [1.82, 2.24) is 19.3 Å². The summed E-state index contributed by atoms with van der Waals surface area (Å²) in [6.45, 7) is 0.0576. The van der Waals surface area contributed by atoms with E-state index in [1.165, 1.54) is 16.2 Å². The second-order valence-corrected chi connectivity index (χ2v) is 9.50. The van der Waals surface area contributed by atoms with Crippen LogP contribution in [-0.2, 0) is 0 Å². The van der Waals surface area contributed by atoms with Gasteiger partial charge in [0, 0.05) is 29.0 Å². The minimum atomic E-state index is -4.15. The lowest BCUT2D eigenvalue weighted by atomic mass is 9.89. The highest BCUT2D eigenvalue weighted by atomic mass is 32.1. The van der Waals surface area contributed by atoms with Crippen molar-refractivity contribution in [2.45, 2.75) is 24.9 Å². The summed E-state index contributed by atoms with van der Waals surface area (Å²) in [4.78, 5) is 22.4. The second-order valence-electron chi connectivity index (χ2n) is 8.59. The fraction of sp³-hybridized carbons (Fsp3) is 0.292. The van der Waals surface area contributed by atoms with Crippen molar-refractivity contribution in [3.05, 3.63) is 64.7 Å². The summed E-state index contributed by atoms with van der Waals surface area (Å²) in [6, 6.07) is 9.67. The summed E-state index contributed by atoms with van der Waals surface area (Å²) in [6.07, 6.45) is 2.49. The summed E-state index contributed by atoms with van der Waals surface area (Å²) in [5, 5.41) is 5.16. The first-order chi connectivity index (χ1) is 16.8. The summed E-state index contributed by atoms with van der Waals surface area (Å²) in [7, 11) is 0. The number of aromatic nitrogens is 3. The summed E-state index contributed by atoms with van der Waals surface area (Å²) >= 11 is 1.28. The molecule has 1 saturated heterocycles. The topological polar surface area (TPSA) is 88.5 Å². The molecule has 0 spiro atoms. The Morgan fingerprint density at radius 1 is 1.17 bits per heavy atom. The number of benzene rings is 1. The van der Waals surface area contributed by atoms with Gasteiger partial charge in [-0.15, -0.1) is 11.3 Å². The number of thiophene rings is 1. The normalized spacial score (nSPS) is 15.5. The summed E-state index contributed by atoms with van der Waals surface area (Å²) < 4.78 is 39.8. The Hall–Kier alpha value is -3.44. The molecule has 11 heteroatoms. The van der Waals surface area contributed by atoms with Crippen LogP contribution in [0.15, 0.2) is 54.3 Å². The predicted molar refractivity (Wildman–Crippen MR) is 129 cm³/mol. The van der Waals surface area contributed by atoms with Gasteiger partial charge < -0.3 is 11.1 Å². The summed E-state index contributed by atoms with van der Waals surface area (Å²) in [5.74, 6) is 0.364. The molecule has 0 unspecified atom stereocenters. The van der Waals surface area contributed by atoms with Gasteiger partial charge >= 0.3 is 6.18 Å². The van der Waals surface area contributed by atoms with E-state index in [2.05, 4.69) is 15.3 Å². The molecule has 1 amide bonds. The maximum absolute atomic E-state index is 12.6. The van der Waals surface area contributed by atoms with E-state index < -0.39 is 18.6 Å². The Kier molecular flexibility index (Phi) is 6.20. The zero-order valence-corrected chi connectivity index (χ0v) is 19.4. The molecule has 0 saturated carbocycles. The number of primary amides is 1. The molecule has 4 heterocycles. The molecule has 1 aliphatic rings. The molecule has 35 heavy (non-hydrogen) atoms. The number of carbonyl (C=O) groups excluding carboxylic acids is 1. The average Bonchev–Trinajstić information content (AvgIpc) is 3.50. The molecule has 4 aromatic rings. The van der Waals surface area contributed by atoms with Gasteiger partial charge in [-0.3, -0.25) is 14.1 Å². The zero-order chi connectivity index (χ0) is 24.6. The van der Waals surface area contributed by atoms with E-state index in [0.717, 1.165) is 22.5 Å². The monoisotopic (exact) mass is 500 g/mol. The Balaban J connectivity index is 1.29. The fourth-order valence-corrected chi connectivity index (χ4v) is 5.23. The van der Waals surface area contributed by atoms with Gasteiger partial charge in [0.1, 0.15) is 0 Å². The number of rotatable bonds is 6. The predicted octanol–water partition coefficient (Wildman–Crippen LogP) is 5.04. The molecule has 5 rings (SSSR count). The van der Waals surface area contributed by atoms with E-state index in [0.29, 0.717) is 42.3 Å². The van der Waals surface area contributed by atoms with Crippen molar-refractivity contribution >= 4 is 34.4 Å². The number of alkyl halides is 3. The van der Waals surface area contributed by atoms with Crippen molar-refractivity contribution in [2.24, 2.45) is 5.73 Å². The molecular weight excluding hydrogens is 477 g/mol. The first-order valence-electron chi connectivity index (χ1n) is 11.1. The quantitative estimate of drug-likeness (QED) is 0.387. The van der Waals surface area contributed by atoms with Crippen molar-refractivity contribution in [2.75, 3.05) is 25.0 Å². The number of hydrogen-bond acceptors (Lipinski definition) is 6. The molecule has 3 aromatic heterocycles. The molecule has 7 nitrogen and oxygen atoms in total. The maximum atomic E-state index is 12.6. The zero-order valence-electron chi connectivity index (χ0n) is 18.6. The Morgan fingerprint density at radius 3 is 2.57 bits per heavy atom. The number of nitrogens with one attached hydrogen (secondary N) is 1. The van der Waals surface area contributed by atoms with Gasteiger partial charge in [0.05, 0.1) is 23.3 Å². The summed E-state index contributed by atoms with van der Waals surface area (Å²) in [5.41, 5.74) is 9.59. The van der Waals surface area contributed by atoms with Gasteiger partial charge in [-0.05, 0) is 55.6 Å². The van der Waals surface area contributed by atoms with Crippen LogP contribution in [0.5, 0.6) is 0 Å². The Morgan fingerprint density at radius 2 is 1.91 bits per heavy atom. The van der Waals surface area contributed by atoms with E-state index in [1.54, 1.807) is 18.5 Å². The van der Waals surface area contributed by atoms with E-state index in [1.807, 2.05) is 40.2 Å². The number of anilines is 2. The van der Waals surface area contributed by atoms with E-state index in [9.17, 15) is 18.0 Å².